The maximum atomic E-state index is 12.9. The first-order valence-electron chi connectivity index (χ1n) is 10.1. The summed E-state index contributed by atoms with van der Waals surface area (Å²) >= 11 is 0. The summed E-state index contributed by atoms with van der Waals surface area (Å²) in [5.74, 6) is -0.323. The van der Waals surface area contributed by atoms with Crippen LogP contribution >= 0.6 is 0 Å². The van der Waals surface area contributed by atoms with Gasteiger partial charge in [0.05, 0.1) is 29.6 Å². The zero-order valence-electron chi connectivity index (χ0n) is 17.4. The van der Waals surface area contributed by atoms with Crippen molar-refractivity contribution >= 4 is 17.5 Å². The summed E-state index contributed by atoms with van der Waals surface area (Å²) in [7, 11) is 1.60. The Morgan fingerprint density at radius 3 is 2.94 bits per heavy atom. The van der Waals surface area contributed by atoms with Crippen molar-refractivity contribution in [2.24, 2.45) is 0 Å². The van der Waals surface area contributed by atoms with E-state index >= 15 is 0 Å². The summed E-state index contributed by atoms with van der Waals surface area (Å²) < 4.78 is 11.3. The second-order valence-corrected chi connectivity index (χ2v) is 7.70. The molecule has 2 aliphatic rings. The van der Waals surface area contributed by atoms with E-state index in [2.05, 4.69) is 15.3 Å². The first-order valence-corrected chi connectivity index (χ1v) is 10.1. The number of anilines is 1. The summed E-state index contributed by atoms with van der Waals surface area (Å²) in [5.41, 5.74) is 2.67. The van der Waals surface area contributed by atoms with E-state index in [9.17, 15) is 9.59 Å². The van der Waals surface area contributed by atoms with Gasteiger partial charge in [-0.3, -0.25) is 9.59 Å². The quantitative estimate of drug-likeness (QED) is 0.801. The van der Waals surface area contributed by atoms with Crippen LogP contribution in [0.15, 0.2) is 24.4 Å². The van der Waals surface area contributed by atoms with Gasteiger partial charge in [0.15, 0.2) is 0 Å². The topological polar surface area (TPSA) is 117 Å². The number of nitriles is 1. The molecule has 1 N–H and O–H groups in total. The number of nitrogens with one attached hydrogen (secondary N) is 1. The number of carbonyl (C=O) groups is 2. The van der Waals surface area contributed by atoms with Crippen LogP contribution in [0.25, 0.3) is 0 Å². The Morgan fingerprint density at radius 2 is 2.19 bits per heavy atom. The number of amides is 2. The number of benzene rings is 1. The Bertz CT molecular complexity index is 1060. The molecule has 2 amide bonds. The zero-order chi connectivity index (χ0) is 22.0. The molecular formula is C22H23N5O4. The molecule has 31 heavy (non-hydrogen) atoms. The fraction of sp³-hybridized carbons (Fsp3) is 0.409. The fourth-order valence-corrected chi connectivity index (χ4v) is 3.83. The zero-order valence-corrected chi connectivity index (χ0v) is 17.4. The second-order valence-electron chi connectivity index (χ2n) is 7.70. The fourth-order valence-electron chi connectivity index (χ4n) is 3.83. The van der Waals surface area contributed by atoms with Crippen LogP contribution in [-0.4, -0.2) is 54.7 Å². The molecule has 0 spiro atoms. The molecule has 0 saturated carbocycles. The smallest absolute Gasteiger partial charge is 0.289 e. The van der Waals surface area contributed by atoms with Gasteiger partial charge in [-0.05, 0) is 37.5 Å². The van der Waals surface area contributed by atoms with E-state index in [1.807, 2.05) is 13.0 Å². The molecule has 0 radical (unpaired) electrons. The molecule has 9 nitrogen and oxygen atoms in total. The second kappa shape index (κ2) is 8.70. The van der Waals surface area contributed by atoms with Gasteiger partial charge in [-0.25, -0.2) is 9.97 Å². The number of aromatic nitrogens is 2. The van der Waals surface area contributed by atoms with E-state index in [-0.39, 0.29) is 24.3 Å². The van der Waals surface area contributed by atoms with E-state index < -0.39 is 11.9 Å². The molecule has 2 aromatic rings. The van der Waals surface area contributed by atoms with Crippen LogP contribution in [0.5, 0.6) is 5.75 Å². The van der Waals surface area contributed by atoms with Crippen molar-refractivity contribution in [2.45, 2.75) is 31.7 Å². The minimum absolute atomic E-state index is 0.00940. The van der Waals surface area contributed by atoms with Crippen LogP contribution in [0.2, 0.25) is 0 Å². The third kappa shape index (κ3) is 4.20. The van der Waals surface area contributed by atoms with E-state index in [4.69, 9.17) is 14.7 Å². The van der Waals surface area contributed by atoms with Crippen LogP contribution in [0.1, 0.15) is 46.2 Å². The number of carbonyl (C=O) groups excluding carboxylic acids is 2. The lowest BCUT2D eigenvalue weighted by atomic mass is 9.95. The molecule has 1 fully saturated rings. The van der Waals surface area contributed by atoms with Crippen molar-refractivity contribution in [3.8, 4) is 11.8 Å². The highest BCUT2D eigenvalue weighted by Crippen LogP contribution is 2.31. The van der Waals surface area contributed by atoms with E-state index in [0.29, 0.717) is 23.6 Å². The average molecular weight is 421 g/mol. The predicted octanol–water partition coefficient (Wildman–Crippen LogP) is 1.70. The predicted molar refractivity (Wildman–Crippen MR) is 111 cm³/mol. The van der Waals surface area contributed by atoms with Crippen molar-refractivity contribution in [1.82, 2.24) is 15.3 Å². The number of rotatable bonds is 3. The summed E-state index contributed by atoms with van der Waals surface area (Å²) in [5, 5.41) is 11.8. The summed E-state index contributed by atoms with van der Waals surface area (Å²) in [6.45, 7) is 3.16. The lowest BCUT2D eigenvalue weighted by Gasteiger charge is -2.23. The Kier molecular flexibility index (Phi) is 5.82. The molecule has 160 valence electrons. The molecule has 1 saturated heterocycles. The molecular weight excluding hydrogens is 398 g/mol. The Hall–Kier alpha value is -3.51. The molecule has 9 heteroatoms. The van der Waals surface area contributed by atoms with Gasteiger partial charge in [-0.2, -0.15) is 5.26 Å². The standard InChI is InChI=1S/C22H23N5O4/c1-13-10-24-20(26-19(13)15-4-3-7-30-11-15)21(28)25-16-12-31-18-8-14(9-23)5-6-17(18)27(2)22(16)29/h5-6,8,10,15-16H,3-4,7,11-12H2,1-2H3,(H,25,28)/t15?,16-/m0/s1. The maximum Gasteiger partial charge on any atom is 0.289 e. The summed E-state index contributed by atoms with van der Waals surface area (Å²) in [6.07, 6.45) is 3.52. The molecule has 1 aromatic carbocycles. The molecule has 0 bridgehead atoms. The van der Waals surface area contributed by atoms with Crippen molar-refractivity contribution in [1.29, 1.82) is 5.26 Å². The van der Waals surface area contributed by atoms with Crippen LogP contribution in [0, 0.1) is 18.3 Å². The van der Waals surface area contributed by atoms with Gasteiger partial charge in [-0.15, -0.1) is 0 Å². The van der Waals surface area contributed by atoms with Crippen LogP contribution in [-0.2, 0) is 9.53 Å². The molecule has 1 unspecified atom stereocenters. The number of nitrogens with zero attached hydrogens (tertiary/aromatic N) is 4. The lowest BCUT2D eigenvalue weighted by molar-refractivity contribution is -0.120. The van der Waals surface area contributed by atoms with Gasteiger partial charge >= 0.3 is 0 Å². The highest BCUT2D eigenvalue weighted by atomic mass is 16.5. The minimum atomic E-state index is -0.915. The van der Waals surface area contributed by atoms with Crippen LogP contribution in [0.4, 0.5) is 5.69 Å². The Labute approximate surface area is 180 Å². The van der Waals surface area contributed by atoms with Crippen molar-refractivity contribution in [3.63, 3.8) is 0 Å². The summed E-state index contributed by atoms with van der Waals surface area (Å²) in [6, 6.07) is 5.97. The SMILES string of the molecule is Cc1cnc(C(=O)N[C@H]2COc3cc(C#N)ccc3N(C)C2=O)nc1C1CCCOC1. The number of fused-ring (bicyclic) bond motifs is 1. The monoisotopic (exact) mass is 421 g/mol. The largest absolute Gasteiger partial charge is 0.489 e. The minimum Gasteiger partial charge on any atom is -0.489 e. The maximum absolute atomic E-state index is 12.9. The lowest BCUT2D eigenvalue weighted by Crippen LogP contribution is -2.49. The first-order chi connectivity index (χ1) is 15.0. The Balaban J connectivity index is 1.52. The highest BCUT2D eigenvalue weighted by Gasteiger charge is 2.32. The number of hydrogen-bond acceptors (Lipinski definition) is 7. The van der Waals surface area contributed by atoms with Gasteiger partial charge in [0.1, 0.15) is 18.4 Å². The van der Waals surface area contributed by atoms with E-state index in [1.165, 1.54) is 4.90 Å². The molecule has 1 aromatic heterocycles. The molecule has 4 rings (SSSR count). The Morgan fingerprint density at radius 1 is 1.35 bits per heavy atom. The number of hydrogen-bond donors (Lipinski definition) is 1. The third-order valence-corrected chi connectivity index (χ3v) is 5.55. The van der Waals surface area contributed by atoms with Gasteiger partial charge in [0, 0.05) is 31.8 Å². The molecule has 0 aliphatic carbocycles. The normalized spacial score (nSPS) is 20.8. The van der Waals surface area contributed by atoms with E-state index in [1.54, 1.807) is 31.4 Å². The number of aryl methyl sites for hydroxylation is 1. The molecule has 2 atom stereocenters. The highest BCUT2D eigenvalue weighted by molar-refractivity contribution is 6.02. The van der Waals surface area contributed by atoms with Crippen molar-refractivity contribution in [2.75, 3.05) is 31.8 Å². The van der Waals surface area contributed by atoms with E-state index in [0.717, 1.165) is 30.7 Å². The first kappa shape index (κ1) is 20.8. The molecule has 3 heterocycles. The van der Waals surface area contributed by atoms with Gasteiger partial charge < -0.3 is 19.7 Å². The van der Waals surface area contributed by atoms with Crippen LogP contribution < -0.4 is 15.0 Å². The number of likely N-dealkylation sites (N-methyl/N-ethyl adjacent to an activating group) is 1. The third-order valence-electron chi connectivity index (χ3n) is 5.55. The van der Waals surface area contributed by atoms with Crippen molar-refractivity contribution in [3.05, 3.63) is 47.0 Å². The van der Waals surface area contributed by atoms with Gasteiger partial charge in [0.25, 0.3) is 11.8 Å². The van der Waals surface area contributed by atoms with Gasteiger partial charge in [-0.1, -0.05) is 0 Å². The number of ether oxygens (including phenoxy) is 2. The average Bonchev–Trinajstić information content (AvgIpc) is 2.91. The molecule has 2 aliphatic heterocycles. The van der Waals surface area contributed by atoms with Crippen molar-refractivity contribution < 1.29 is 19.1 Å². The van der Waals surface area contributed by atoms with Gasteiger partial charge in [0.2, 0.25) is 5.82 Å². The van der Waals surface area contributed by atoms with Crippen LogP contribution in [0.3, 0.4) is 0 Å². The summed E-state index contributed by atoms with van der Waals surface area (Å²) in [4.78, 5) is 35.8.